The van der Waals surface area contributed by atoms with E-state index in [2.05, 4.69) is 4.98 Å². The van der Waals surface area contributed by atoms with Gasteiger partial charge < -0.3 is 9.47 Å². The van der Waals surface area contributed by atoms with Crippen molar-refractivity contribution in [2.75, 3.05) is 13.7 Å². The number of ether oxygens (including phenoxy) is 2. The number of halogens is 2. The predicted molar refractivity (Wildman–Crippen MR) is 56.1 cm³/mol. The zero-order valence-electron chi connectivity index (χ0n) is 9.57. The molecule has 0 aromatic carbocycles. The molecule has 0 aliphatic heterocycles. The maximum Gasteiger partial charge on any atom is 0.310 e. The lowest BCUT2D eigenvalue weighted by Crippen LogP contribution is -2.10. The summed E-state index contributed by atoms with van der Waals surface area (Å²) in [7, 11) is 1.26. The Morgan fingerprint density at radius 2 is 2.24 bits per heavy atom. The lowest BCUT2D eigenvalue weighted by molar-refractivity contribution is -0.142. The van der Waals surface area contributed by atoms with Crippen LogP contribution in [0.3, 0.4) is 0 Å². The molecule has 0 amide bonds. The van der Waals surface area contributed by atoms with Crippen LogP contribution in [0.25, 0.3) is 0 Å². The van der Waals surface area contributed by atoms with Gasteiger partial charge in [0.2, 0.25) is 0 Å². The molecule has 0 N–H and O–H groups in total. The maximum atomic E-state index is 12.6. The highest BCUT2D eigenvalue weighted by Crippen LogP contribution is 2.30. The Balaban J connectivity index is 2.99. The third-order valence-electron chi connectivity index (χ3n) is 2.06. The van der Waals surface area contributed by atoms with Crippen LogP contribution in [0.1, 0.15) is 24.6 Å². The molecular weight excluding hydrogens is 232 g/mol. The van der Waals surface area contributed by atoms with E-state index in [0.717, 1.165) is 0 Å². The first-order valence-electron chi connectivity index (χ1n) is 5.05. The normalized spacial score (nSPS) is 10.4. The number of hydrogen-bond donors (Lipinski definition) is 0. The number of nitrogens with zero attached hydrogens (tertiary/aromatic N) is 1. The highest BCUT2D eigenvalue weighted by molar-refractivity contribution is 5.73. The Kier molecular flexibility index (Phi) is 4.81. The van der Waals surface area contributed by atoms with Gasteiger partial charge in [0.25, 0.3) is 6.43 Å². The summed E-state index contributed by atoms with van der Waals surface area (Å²) in [6.45, 7) is 1.92. The number of methoxy groups -OCH3 is 1. The molecule has 94 valence electrons. The molecule has 1 heterocycles. The molecule has 1 aromatic heterocycles. The summed E-state index contributed by atoms with van der Waals surface area (Å²) in [5.74, 6) is -0.548. The van der Waals surface area contributed by atoms with Crippen molar-refractivity contribution in [3.05, 3.63) is 23.5 Å². The van der Waals surface area contributed by atoms with Gasteiger partial charge in [0.1, 0.15) is 11.4 Å². The summed E-state index contributed by atoms with van der Waals surface area (Å²) in [4.78, 5) is 14.8. The van der Waals surface area contributed by atoms with E-state index in [1.807, 2.05) is 0 Å². The van der Waals surface area contributed by atoms with Crippen LogP contribution in [0.2, 0.25) is 0 Å². The van der Waals surface area contributed by atoms with Crippen molar-refractivity contribution in [2.45, 2.75) is 19.8 Å². The van der Waals surface area contributed by atoms with Gasteiger partial charge in [0, 0.05) is 11.8 Å². The number of alkyl halides is 2. The van der Waals surface area contributed by atoms with Gasteiger partial charge >= 0.3 is 5.97 Å². The number of carbonyl (C=O) groups excluding carboxylic acids is 1. The molecule has 4 nitrogen and oxygen atoms in total. The molecule has 0 atom stereocenters. The van der Waals surface area contributed by atoms with Crippen molar-refractivity contribution in [1.29, 1.82) is 0 Å². The minimum atomic E-state index is -2.74. The van der Waals surface area contributed by atoms with E-state index in [1.165, 1.54) is 19.4 Å². The smallest absolute Gasteiger partial charge is 0.310 e. The van der Waals surface area contributed by atoms with Gasteiger partial charge in [0.15, 0.2) is 0 Å². The fraction of sp³-hybridized carbons (Fsp3) is 0.455. The van der Waals surface area contributed by atoms with E-state index < -0.39 is 18.1 Å². The number of hydrogen-bond acceptors (Lipinski definition) is 4. The van der Waals surface area contributed by atoms with E-state index in [1.54, 1.807) is 6.92 Å². The Labute approximate surface area is 97.6 Å². The first kappa shape index (κ1) is 13.3. The number of esters is 1. The summed E-state index contributed by atoms with van der Waals surface area (Å²) >= 11 is 0. The molecule has 0 saturated heterocycles. The van der Waals surface area contributed by atoms with Crippen LogP contribution in [0.4, 0.5) is 8.78 Å². The summed E-state index contributed by atoms with van der Waals surface area (Å²) in [6, 6.07) is 1.46. The highest BCUT2D eigenvalue weighted by atomic mass is 19.3. The number of aromatic nitrogens is 1. The zero-order chi connectivity index (χ0) is 12.8. The second-order valence-corrected chi connectivity index (χ2v) is 3.17. The van der Waals surface area contributed by atoms with Gasteiger partial charge in [-0.25, -0.2) is 8.78 Å². The average molecular weight is 245 g/mol. The summed E-state index contributed by atoms with van der Waals surface area (Å²) in [5, 5.41) is 0. The third-order valence-corrected chi connectivity index (χ3v) is 2.06. The molecular formula is C11H13F2NO3. The van der Waals surface area contributed by atoms with Crippen LogP contribution >= 0.6 is 0 Å². The lowest BCUT2D eigenvalue weighted by Gasteiger charge is -2.11. The standard InChI is InChI=1S/C11H13F2NO3/c1-3-17-8(15)6-7-4-5-14-9(11(12)13)10(7)16-2/h4-5,11H,3,6H2,1-2H3. The molecule has 0 unspecified atom stereocenters. The van der Waals surface area contributed by atoms with Crippen LogP contribution in [-0.2, 0) is 16.0 Å². The van der Waals surface area contributed by atoms with Crippen molar-refractivity contribution in [3.8, 4) is 5.75 Å². The van der Waals surface area contributed by atoms with E-state index in [4.69, 9.17) is 9.47 Å². The second kappa shape index (κ2) is 6.12. The highest BCUT2D eigenvalue weighted by Gasteiger charge is 2.20. The van der Waals surface area contributed by atoms with Crippen molar-refractivity contribution in [2.24, 2.45) is 0 Å². The van der Waals surface area contributed by atoms with Gasteiger partial charge in [-0.1, -0.05) is 0 Å². The number of pyridine rings is 1. The SMILES string of the molecule is CCOC(=O)Cc1ccnc(C(F)F)c1OC. The van der Waals surface area contributed by atoms with Gasteiger partial charge in [0.05, 0.1) is 20.1 Å². The Morgan fingerprint density at radius 1 is 1.53 bits per heavy atom. The summed E-state index contributed by atoms with van der Waals surface area (Å²) < 4.78 is 34.9. The van der Waals surface area contributed by atoms with Crippen molar-refractivity contribution in [3.63, 3.8) is 0 Å². The fourth-order valence-electron chi connectivity index (χ4n) is 1.40. The van der Waals surface area contributed by atoms with Crippen LogP contribution in [0.5, 0.6) is 5.75 Å². The van der Waals surface area contributed by atoms with E-state index in [0.29, 0.717) is 5.56 Å². The Bertz CT molecular complexity index is 396. The Morgan fingerprint density at radius 3 is 2.76 bits per heavy atom. The van der Waals surface area contributed by atoms with Gasteiger partial charge in [-0.3, -0.25) is 9.78 Å². The minimum absolute atomic E-state index is 0.0597. The zero-order valence-corrected chi connectivity index (χ0v) is 9.57. The lowest BCUT2D eigenvalue weighted by atomic mass is 10.1. The second-order valence-electron chi connectivity index (χ2n) is 3.17. The molecule has 0 spiro atoms. The van der Waals surface area contributed by atoms with Crippen molar-refractivity contribution >= 4 is 5.97 Å². The number of carbonyl (C=O) groups is 1. The van der Waals surface area contributed by atoms with Gasteiger partial charge in [-0.05, 0) is 13.0 Å². The molecule has 1 rings (SSSR count). The molecule has 0 aliphatic rings. The number of rotatable bonds is 5. The van der Waals surface area contributed by atoms with Gasteiger partial charge in [-0.15, -0.1) is 0 Å². The minimum Gasteiger partial charge on any atom is -0.494 e. The summed E-state index contributed by atoms with van der Waals surface area (Å²) in [6.07, 6.45) is -1.63. The van der Waals surface area contributed by atoms with Crippen LogP contribution in [0.15, 0.2) is 12.3 Å². The average Bonchev–Trinajstić information content (AvgIpc) is 2.28. The van der Waals surface area contributed by atoms with Crippen molar-refractivity contribution < 1.29 is 23.0 Å². The summed E-state index contributed by atoms with van der Waals surface area (Å²) in [5.41, 5.74) is -0.120. The Hall–Kier alpha value is -1.72. The van der Waals surface area contributed by atoms with Crippen LogP contribution < -0.4 is 4.74 Å². The predicted octanol–water partition coefficient (Wildman–Crippen LogP) is 2.13. The quantitative estimate of drug-likeness (QED) is 0.745. The molecule has 0 saturated carbocycles. The van der Waals surface area contributed by atoms with Gasteiger partial charge in [-0.2, -0.15) is 0 Å². The van der Waals surface area contributed by atoms with E-state index >= 15 is 0 Å². The van der Waals surface area contributed by atoms with Crippen molar-refractivity contribution in [1.82, 2.24) is 4.98 Å². The fourth-order valence-corrected chi connectivity index (χ4v) is 1.40. The molecule has 6 heteroatoms. The molecule has 1 aromatic rings. The molecule has 0 radical (unpaired) electrons. The molecule has 0 aliphatic carbocycles. The van der Waals surface area contributed by atoms with E-state index in [-0.39, 0.29) is 18.8 Å². The first-order chi connectivity index (χ1) is 8.10. The van der Waals surface area contributed by atoms with Crippen LogP contribution in [-0.4, -0.2) is 24.7 Å². The molecule has 0 fully saturated rings. The molecule has 0 bridgehead atoms. The van der Waals surface area contributed by atoms with E-state index in [9.17, 15) is 13.6 Å². The third kappa shape index (κ3) is 3.37. The largest absolute Gasteiger partial charge is 0.494 e. The maximum absolute atomic E-state index is 12.6. The van der Waals surface area contributed by atoms with Crippen LogP contribution in [0, 0.1) is 0 Å². The first-order valence-corrected chi connectivity index (χ1v) is 5.05. The topological polar surface area (TPSA) is 48.4 Å². The monoisotopic (exact) mass is 245 g/mol. The molecule has 17 heavy (non-hydrogen) atoms.